The average Bonchev–Trinajstić information content (AvgIpc) is 3.95. The summed E-state index contributed by atoms with van der Waals surface area (Å²) in [4.78, 5) is 27.7. The fraction of sp³-hybridized carbons (Fsp3) is 0.958. The molecule has 0 amide bonds. The standard InChI is InChI=1S/C48H93NO5/c1-4-7-10-13-16-20-25-34-46(51)53-44-31-22-17-21-27-40-49(42-29-30-43-50)41-28-26-36-48(38-39-48)37-35-47(52)54-45(32-23-18-14-11-8-5-2)33-24-19-15-12-9-6-3/h45,50H,4-44H2,1-3H3. The number of carbonyl (C=O) groups is 2. The summed E-state index contributed by atoms with van der Waals surface area (Å²) >= 11 is 0. The first-order valence-corrected chi connectivity index (χ1v) is 24.2. The first-order chi connectivity index (χ1) is 26.5. The maximum atomic E-state index is 13.1. The Hall–Kier alpha value is -1.14. The minimum absolute atomic E-state index is 0.0153. The number of aliphatic hydroxyl groups is 1. The lowest BCUT2D eigenvalue weighted by Gasteiger charge is -2.23. The normalized spacial score (nSPS) is 13.6. The van der Waals surface area contributed by atoms with Crippen molar-refractivity contribution in [3.05, 3.63) is 0 Å². The van der Waals surface area contributed by atoms with Gasteiger partial charge < -0.3 is 19.5 Å². The van der Waals surface area contributed by atoms with Crippen molar-refractivity contribution in [1.82, 2.24) is 4.90 Å². The average molecular weight is 764 g/mol. The minimum Gasteiger partial charge on any atom is -0.466 e. The van der Waals surface area contributed by atoms with E-state index in [9.17, 15) is 14.7 Å². The third-order valence-electron chi connectivity index (χ3n) is 12.1. The van der Waals surface area contributed by atoms with Crippen molar-refractivity contribution >= 4 is 11.9 Å². The molecule has 1 fully saturated rings. The molecular formula is C48H93NO5. The Morgan fingerprint density at radius 1 is 0.519 bits per heavy atom. The number of hydrogen-bond acceptors (Lipinski definition) is 6. The highest BCUT2D eigenvalue weighted by molar-refractivity contribution is 5.69. The van der Waals surface area contributed by atoms with Crippen LogP contribution >= 0.6 is 0 Å². The second kappa shape index (κ2) is 37.4. The number of carbonyl (C=O) groups excluding carboxylic acids is 2. The molecule has 6 nitrogen and oxygen atoms in total. The summed E-state index contributed by atoms with van der Waals surface area (Å²) in [6, 6.07) is 0. The van der Waals surface area contributed by atoms with E-state index < -0.39 is 0 Å². The van der Waals surface area contributed by atoms with Crippen LogP contribution in [0.4, 0.5) is 0 Å². The lowest BCUT2D eigenvalue weighted by molar-refractivity contribution is -0.150. The Balaban J connectivity index is 2.26. The van der Waals surface area contributed by atoms with Crippen molar-refractivity contribution in [3.8, 4) is 0 Å². The van der Waals surface area contributed by atoms with Crippen molar-refractivity contribution in [1.29, 1.82) is 0 Å². The van der Waals surface area contributed by atoms with Crippen molar-refractivity contribution in [2.24, 2.45) is 5.41 Å². The van der Waals surface area contributed by atoms with E-state index in [4.69, 9.17) is 9.47 Å². The number of unbranched alkanes of at least 4 members (excludes halogenated alkanes) is 22. The van der Waals surface area contributed by atoms with Gasteiger partial charge in [-0.3, -0.25) is 9.59 Å². The van der Waals surface area contributed by atoms with Crippen LogP contribution in [0, 0.1) is 5.41 Å². The molecule has 0 aromatic rings. The summed E-state index contributed by atoms with van der Waals surface area (Å²) in [7, 11) is 0. The number of aliphatic hydroxyl groups excluding tert-OH is 1. The lowest BCUT2D eigenvalue weighted by Crippen LogP contribution is -2.27. The van der Waals surface area contributed by atoms with Crippen LogP contribution in [-0.4, -0.2) is 60.9 Å². The van der Waals surface area contributed by atoms with E-state index in [-0.39, 0.29) is 24.6 Å². The van der Waals surface area contributed by atoms with Crippen LogP contribution in [0.1, 0.15) is 252 Å². The van der Waals surface area contributed by atoms with Crippen LogP contribution in [0.25, 0.3) is 0 Å². The Bertz CT molecular complexity index is 814. The molecule has 0 spiro atoms. The van der Waals surface area contributed by atoms with Crippen molar-refractivity contribution in [2.75, 3.05) is 32.8 Å². The quantitative estimate of drug-likeness (QED) is 0.0492. The van der Waals surface area contributed by atoms with Gasteiger partial charge in [0.2, 0.25) is 0 Å². The molecule has 0 unspecified atom stereocenters. The van der Waals surface area contributed by atoms with Gasteiger partial charge >= 0.3 is 11.9 Å². The van der Waals surface area contributed by atoms with Gasteiger partial charge in [-0.05, 0) is 115 Å². The number of esters is 2. The summed E-state index contributed by atoms with van der Waals surface area (Å²) in [6.07, 6.45) is 42.4. The third-order valence-corrected chi connectivity index (χ3v) is 12.1. The zero-order valence-corrected chi connectivity index (χ0v) is 36.6. The molecule has 0 aromatic heterocycles. The molecule has 1 rings (SSSR count). The molecular weight excluding hydrogens is 671 g/mol. The van der Waals surface area contributed by atoms with E-state index in [0.29, 0.717) is 24.9 Å². The second-order valence-electron chi connectivity index (χ2n) is 17.3. The maximum absolute atomic E-state index is 13.1. The topological polar surface area (TPSA) is 76.1 Å². The van der Waals surface area contributed by atoms with Crippen LogP contribution in [0.5, 0.6) is 0 Å². The minimum atomic E-state index is -0.0153. The fourth-order valence-corrected chi connectivity index (χ4v) is 8.05. The van der Waals surface area contributed by atoms with Crippen LogP contribution in [-0.2, 0) is 19.1 Å². The summed E-state index contributed by atoms with van der Waals surface area (Å²) in [5.74, 6) is 0.0385. The van der Waals surface area contributed by atoms with Gasteiger partial charge in [-0.1, -0.05) is 149 Å². The van der Waals surface area contributed by atoms with Crippen LogP contribution < -0.4 is 0 Å². The molecule has 0 atom stereocenters. The van der Waals surface area contributed by atoms with Crippen molar-refractivity contribution in [3.63, 3.8) is 0 Å². The molecule has 0 radical (unpaired) electrons. The summed E-state index contributed by atoms with van der Waals surface area (Å²) < 4.78 is 11.6. The van der Waals surface area contributed by atoms with Gasteiger partial charge in [-0.2, -0.15) is 0 Å². The molecule has 6 heteroatoms. The van der Waals surface area contributed by atoms with Crippen molar-refractivity contribution < 1.29 is 24.2 Å². The molecule has 54 heavy (non-hydrogen) atoms. The lowest BCUT2D eigenvalue weighted by atomic mass is 9.93. The van der Waals surface area contributed by atoms with Gasteiger partial charge in [0.15, 0.2) is 0 Å². The van der Waals surface area contributed by atoms with Gasteiger partial charge in [0.1, 0.15) is 6.10 Å². The first-order valence-electron chi connectivity index (χ1n) is 24.2. The third kappa shape index (κ3) is 32.0. The van der Waals surface area contributed by atoms with Gasteiger partial charge in [0, 0.05) is 19.4 Å². The van der Waals surface area contributed by atoms with E-state index in [0.717, 1.165) is 77.4 Å². The molecule has 1 aliphatic rings. The highest BCUT2D eigenvalue weighted by atomic mass is 16.5. The van der Waals surface area contributed by atoms with E-state index in [1.165, 1.54) is 161 Å². The highest BCUT2D eigenvalue weighted by Crippen LogP contribution is 2.53. The molecule has 1 aliphatic carbocycles. The molecule has 0 bridgehead atoms. The van der Waals surface area contributed by atoms with Gasteiger partial charge in [0.05, 0.1) is 6.61 Å². The zero-order valence-electron chi connectivity index (χ0n) is 36.6. The van der Waals surface area contributed by atoms with E-state index in [1.807, 2.05) is 0 Å². The number of hydrogen-bond donors (Lipinski definition) is 1. The highest BCUT2D eigenvalue weighted by Gasteiger charge is 2.41. The summed E-state index contributed by atoms with van der Waals surface area (Å²) in [5, 5.41) is 9.33. The fourth-order valence-electron chi connectivity index (χ4n) is 8.05. The molecule has 320 valence electrons. The first kappa shape index (κ1) is 50.9. The number of nitrogens with zero attached hydrogens (tertiary/aromatic N) is 1. The molecule has 0 saturated heterocycles. The molecule has 1 saturated carbocycles. The number of ether oxygens (including phenoxy) is 2. The Morgan fingerprint density at radius 3 is 1.52 bits per heavy atom. The Labute approximate surface area is 336 Å². The summed E-state index contributed by atoms with van der Waals surface area (Å²) in [5.41, 5.74) is 0.386. The molecule has 0 aliphatic heterocycles. The van der Waals surface area contributed by atoms with E-state index in [1.54, 1.807) is 0 Å². The van der Waals surface area contributed by atoms with Crippen LogP contribution in [0.3, 0.4) is 0 Å². The molecule has 0 aromatic carbocycles. The predicted octanol–water partition coefficient (Wildman–Crippen LogP) is 13.8. The SMILES string of the molecule is CCCCCCCCCC(=O)OCCCCCCCN(CCCCO)CCCCC1(CCC(=O)OC(CCCCCCCC)CCCCCCCC)CC1. The summed E-state index contributed by atoms with van der Waals surface area (Å²) in [6.45, 7) is 11.0. The smallest absolute Gasteiger partial charge is 0.306 e. The second-order valence-corrected chi connectivity index (χ2v) is 17.3. The predicted molar refractivity (Wildman–Crippen MR) is 230 cm³/mol. The molecule has 0 heterocycles. The van der Waals surface area contributed by atoms with Gasteiger partial charge in [-0.15, -0.1) is 0 Å². The number of rotatable bonds is 43. The van der Waals surface area contributed by atoms with E-state index in [2.05, 4.69) is 25.7 Å². The maximum Gasteiger partial charge on any atom is 0.306 e. The largest absolute Gasteiger partial charge is 0.466 e. The van der Waals surface area contributed by atoms with Crippen LogP contribution in [0.2, 0.25) is 0 Å². The molecule has 1 N–H and O–H groups in total. The monoisotopic (exact) mass is 764 g/mol. The Morgan fingerprint density at radius 2 is 0.981 bits per heavy atom. The van der Waals surface area contributed by atoms with Crippen LogP contribution in [0.15, 0.2) is 0 Å². The van der Waals surface area contributed by atoms with Gasteiger partial charge in [-0.25, -0.2) is 0 Å². The van der Waals surface area contributed by atoms with E-state index >= 15 is 0 Å². The Kier molecular flexibility index (Phi) is 35.3. The van der Waals surface area contributed by atoms with Gasteiger partial charge in [0.25, 0.3) is 0 Å². The zero-order chi connectivity index (χ0) is 39.2. The van der Waals surface area contributed by atoms with Crippen molar-refractivity contribution in [2.45, 2.75) is 258 Å².